The van der Waals surface area contributed by atoms with Crippen molar-refractivity contribution in [2.45, 2.75) is 39.2 Å². The fraction of sp³-hybridized carbons (Fsp3) is 0.400. The van der Waals surface area contributed by atoms with Gasteiger partial charge in [0.15, 0.2) is 0 Å². The first-order chi connectivity index (χ1) is 10.1. The normalized spacial score (nSPS) is 21.3. The van der Waals surface area contributed by atoms with Crippen molar-refractivity contribution in [1.82, 2.24) is 5.32 Å². The van der Waals surface area contributed by atoms with Gasteiger partial charge < -0.3 is 5.32 Å². The van der Waals surface area contributed by atoms with Crippen LogP contribution in [0.5, 0.6) is 0 Å². The maximum atomic E-state index is 3.74. The fourth-order valence-electron chi connectivity index (χ4n) is 3.36. The Morgan fingerprint density at radius 3 is 2.48 bits per heavy atom. The Labute approximate surface area is 128 Å². The first kappa shape index (κ1) is 14.3. The lowest BCUT2D eigenvalue weighted by Crippen LogP contribution is -2.32. The average molecular weight is 279 g/mol. The summed E-state index contributed by atoms with van der Waals surface area (Å²) in [6, 6.07) is 18.2. The van der Waals surface area contributed by atoms with Gasteiger partial charge in [0.1, 0.15) is 0 Å². The predicted octanol–water partition coefficient (Wildman–Crippen LogP) is 5.15. The molecule has 0 spiro atoms. The zero-order valence-corrected chi connectivity index (χ0v) is 13.3. The fourth-order valence-corrected chi connectivity index (χ4v) is 3.36. The molecule has 0 amide bonds. The van der Waals surface area contributed by atoms with E-state index in [0.717, 1.165) is 6.54 Å². The second-order valence-corrected chi connectivity index (χ2v) is 6.70. The quantitative estimate of drug-likeness (QED) is 0.819. The zero-order chi connectivity index (χ0) is 14.8. The second kappa shape index (κ2) is 6.03. The molecule has 1 heteroatoms. The summed E-state index contributed by atoms with van der Waals surface area (Å²) in [5.41, 5.74) is 5.67. The van der Waals surface area contributed by atoms with Crippen LogP contribution in [-0.2, 0) is 0 Å². The van der Waals surface area contributed by atoms with Gasteiger partial charge in [0.05, 0.1) is 0 Å². The molecule has 1 heterocycles. The van der Waals surface area contributed by atoms with E-state index < -0.39 is 0 Å². The van der Waals surface area contributed by atoms with Crippen LogP contribution in [0, 0.1) is 5.92 Å². The van der Waals surface area contributed by atoms with E-state index in [9.17, 15) is 0 Å². The molecular weight excluding hydrogens is 254 g/mol. The molecule has 1 nitrogen and oxygen atoms in total. The third kappa shape index (κ3) is 3.03. The van der Waals surface area contributed by atoms with E-state index >= 15 is 0 Å². The highest BCUT2D eigenvalue weighted by molar-refractivity contribution is 5.65. The Kier molecular flexibility index (Phi) is 4.12. The van der Waals surface area contributed by atoms with Crippen LogP contribution in [-0.4, -0.2) is 6.54 Å². The van der Waals surface area contributed by atoms with Crippen molar-refractivity contribution in [1.29, 1.82) is 0 Å². The highest BCUT2D eigenvalue weighted by atomic mass is 14.9. The van der Waals surface area contributed by atoms with Crippen molar-refractivity contribution < 1.29 is 0 Å². The van der Waals surface area contributed by atoms with Crippen molar-refractivity contribution in [3.05, 3.63) is 59.7 Å². The molecule has 0 fully saturated rings. The standard InChI is InChI=1S/C20H25N/c1-14(2)11-20-19-12-17(16-7-5-4-6-8-16)9-10-18(19)15(3)13-21-20/h4-10,12,14-15,20-21H,11,13H2,1-3H3. The van der Waals surface area contributed by atoms with Gasteiger partial charge in [0, 0.05) is 12.6 Å². The molecule has 1 aliphatic heterocycles. The smallest absolute Gasteiger partial charge is 0.0325 e. The molecule has 0 saturated carbocycles. The molecule has 1 aliphatic rings. The molecule has 0 aliphatic carbocycles. The Balaban J connectivity index is 2.01. The van der Waals surface area contributed by atoms with Crippen LogP contribution in [0.2, 0.25) is 0 Å². The van der Waals surface area contributed by atoms with Crippen molar-refractivity contribution in [3.8, 4) is 11.1 Å². The number of hydrogen-bond donors (Lipinski definition) is 1. The minimum Gasteiger partial charge on any atom is -0.309 e. The van der Waals surface area contributed by atoms with Crippen LogP contribution >= 0.6 is 0 Å². The zero-order valence-electron chi connectivity index (χ0n) is 13.3. The summed E-state index contributed by atoms with van der Waals surface area (Å²) in [6.45, 7) is 8.02. The second-order valence-electron chi connectivity index (χ2n) is 6.70. The number of hydrogen-bond acceptors (Lipinski definition) is 1. The maximum Gasteiger partial charge on any atom is 0.0325 e. The molecule has 0 radical (unpaired) electrons. The summed E-state index contributed by atoms with van der Waals surface area (Å²) in [5.74, 6) is 1.32. The summed E-state index contributed by atoms with van der Waals surface area (Å²) in [4.78, 5) is 0. The largest absolute Gasteiger partial charge is 0.309 e. The van der Waals surface area contributed by atoms with Crippen LogP contribution in [0.3, 0.4) is 0 Å². The van der Waals surface area contributed by atoms with Crippen LogP contribution in [0.1, 0.15) is 50.3 Å². The monoisotopic (exact) mass is 279 g/mol. The Morgan fingerprint density at radius 2 is 1.76 bits per heavy atom. The highest BCUT2D eigenvalue weighted by Crippen LogP contribution is 2.36. The molecule has 2 unspecified atom stereocenters. The summed E-state index contributed by atoms with van der Waals surface area (Å²) in [7, 11) is 0. The molecule has 2 atom stereocenters. The van der Waals surface area contributed by atoms with Gasteiger partial charge in [-0.25, -0.2) is 0 Å². The third-order valence-electron chi connectivity index (χ3n) is 4.48. The molecule has 2 aromatic rings. The molecule has 1 N–H and O–H groups in total. The number of fused-ring (bicyclic) bond motifs is 1. The number of benzene rings is 2. The van der Waals surface area contributed by atoms with Gasteiger partial charge >= 0.3 is 0 Å². The van der Waals surface area contributed by atoms with Crippen molar-refractivity contribution in [2.75, 3.05) is 6.54 Å². The molecule has 0 saturated heterocycles. The lowest BCUT2D eigenvalue weighted by Gasteiger charge is -2.32. The summed E-state index contributed by atoms with van der Waals surface area (Å²) >= 11 is 0. The molecular formula is C20H25N. The molecule has 0 aromatic heterocycles. The Hall–Kier alpha value is -1.60. The number of rotatable bonds is 3. The Morgan fingerprint density at radius 1 is 1.00 bits per heavy atom. The van der Waals surface area contributed by atoms with E-state index in [4.69, 9.17) is 0 Å². The van der Waals surface area contributed by atoms with Crippen molar-refractivity contribution in [2.24, 2.45) is 5.92 Å². The van der Waals surface area contributed by atoms with Gasteiger partial charge in [-0.2, -0.15) is 0 Å². The minimum atomic E-state index is 0.500. The van der Waals surface area contributed by atoms with Gasteiger partial charge in [-0.3, -0.25) is 0 Å². The SMILES string of the molecule is CC(C)CC1NCC(C)c2ccc(-c3ccccc3)cc21. The van der Waals surface area contributed by atoms with E-state index in [1.807, 2.05) is 0 Å². The van der Waals surface area contributed by atoms with Crippen LogP contribution in [0.4, 0.5) is 0 Å². The van der Waals surface area contributed by atoms with Crippen LogP contribution in [0.25, 0.3) is 11.1 Å². The van der Waals surface area contributed by atoms with Gasteiger partial charge in [0.2, 0.25) is 0 Å². The minimum absolute atomic E-state index is 0.500. The molecule has 110 valence electrons. The third-order valence-corrected chi connectivity index (χ3v) is 4.48. The maximum absolute atomic E-state index is 3.74. The van der Waals surface area contributed by atoms with E-state index in [0.29, 0.717) is 17.9 Å². The van der Waals surface area contributed by atoms with Crippen LogP contribution in [0.15, 0.2) is 48.5 Å². The van der Waals surface area contributed by atoms with Crippen molar-refractivity contribution >= 4 is 0 Å². The number of nitrogens with one attached hydrogen (secondary N) is 1. The lowest BCUT2D eigenvalue weighted by molar-refractivity contribution is 0.396. The molecule has 0 bridgehead atoms. The molecule has 2 aromatic carbocycles. The first-order valence-electron chi connectivity index (χ1n) is 8.08. The average Bonchev–Trinajstić information content (AvgIpc) is 2.50. The van der Waals surface area contributed by atoms with E-state index in [-0.39, 0.29) is 0 Å². The van der Waals surface area contributed by atoms with Gasteiger partial charge in [-0.05, 0) is 46.6 Å². The van der Waals surface area contributed by atoms with E-state index in [2.05, 4.69) is 74.6 Å². The summed E-state index contributed by atoms with van der Waals surface area (Å²) < 4.78 is 0. The van der Waals surface area contributed by atoms with Crippen molar-refractivity contribution in [3.63, 3.8) is 0 Å². The van der Waals surface area contributed by atoms with Gasteiger partial charge in [-0.15, -0.1) is 0 Å². The Bertz CT molecular complexity index is 600. The highest BCUT2D eigenvalue weighted by Gasteiger charge is 2.25. The lowest BCUT2D eigenvalue weighted by atomic mass is 9.83. The molecule has 3 rings (SSSR count). The van der Waals surface area contributed by atoms with Crippen LogP contribution < -0.4 is 5.32 Å². The topological polar surface area (TPSA) is 12.0 Å². The molecule has 21 heavy (non-hydrogen) atoms. The summed E-state index contributed by atoms with van der Waals surface area (Å²) in [5, 5.41) is 3.74. The van der Waals surface area contributed by atoms with E-state index in [1.54, 1.807) is 0 Å². The van der Waals surface area contributed by atoms with E-state index in [1.165, 1.54) is 28.7 Å². The first-order valence-corrected chi connectivity index (χ1v) is 8.08. The van der Waals surface area contributed by atoms with Gasteiger partial charge in [-0.1, -0.05) is 63.2 Å². The van der Waals surface area contributed by atoms with Gasteiger partial charge in [0.25, 0.3) is 0 Å². The predicted molar refractivity (Wildman–Crippen MR) is 90.5 cm³/mol. The summed E-state index contributed by atoms with van der Waals surface area (Å²) in [6.07, 6.45) is 1.21.